The number of nitrogens with one attached hydrogen (secondary N) is 1. The third-order valence-electron chi connectivity index (χ3n) is 2.63. The van der Waals surface area contributed by atoms with Gasteiger partial charge in [-0.25, -0.2) is 0 Å². The van der Waals surface area contributed by atoms with E-state index in [-0.39, 0.29) is 5.91 Å². The van der Waals surface area contributed by atoms with Gasteiger partial charge < -0.3 is 9.32 Å². The van der Waals surface area contributed by atoms with Crippen molar-refractivity contribution in [1.29, 1.82) is 0 Å². The topological polar surface area (TPSA) is 62.1 Å². The Morgan fingerprint density at radius 1 is 1.47 bits per heavy atom. The average molecular weight is 233 g/mol. The highest BCUT2D eigenvalue weighted by atomic mass is 16.3. The van der Waals surface area contributed by atoms with Crippen LogP contribution in [-0.2, 0) is 0 Å². The molecular weight excluding hydrogens is 218 g/mol. The van der Waals surface area contributed by atoms with Crippen LogP contribution in [0, 0.1) is 0 Å². The summed E-state index contributed by atoms with van der Waals surface area (Å²) in [5.74, 6) is 0.611. The lowest BCUT2D eigenvalue weighted by molar-refractivity contribution is 0.0767. The van der Waals surface area contributed by atoms with E-state index in [1.165, 1.54) is 0 Å². The van der Waals surface area contributed by atoms with Crippen LogP contribution in [0.15, 0.2) is 28.9 Å². The molecule has 5 nitrogen and oxygen atoms in total. The Morgan fingerprint density at radius 3 is 2.82 bits per heavy atom. The zero-order chi connectivity index (χ0) is 12.3. The highest BCUT2D eigenvalue weighted by Gasteiger charge is 2.16. The van der Waals surface area contributed by atoms with Crippen LogP contribution in [0.2, 0.25) is 0 Å². The van der Waals surface area contributed by atoms with Gasteiger partial charge in [-0.1, -0.05) is 0 Å². The lowest BCUT2D eigenvalue weighted by Gasteiger charge is -2.16. The molecule has 0 aliphatic heterocycles. The minimum atomic E-state index is -0.0657. The maximum atomic E-state index is 12.0. The summed E-state index contributed by atoms with van der Waals surface area (Å²) in [6, 6.07) is 5.32. The number of nitrogens with zero attached hydrogens (tertiary/aromatic N) is 2. The average Bonchev–Trinajstić information content (AvgIpc) is 3.01. The predicted octanol–water partition coefficient (Wildman–Crippen LogP) is 2.15. The molecule has 0 aliphatic carbocycles. The molecule has 17 heavy (non-hydrogen) atoms. The summed E-state index contributed by atoms with van der Waals surface area (Å²) in [4.78, 5) is 13.7. The van der Waals surface area contributed by atoms with E-state index in [2.05, 4.69) is 10.2 Å². The van der Waals surface area contributed by atoms with Gasteiger partial charge in [0, 0.05) is 19.2 Å². The van der Waals surface area contributed by atoms with E-state index in [9.17, 15) is 4.79 Å². The molecule has 0 saturated carbocycles. The molecular formula is C12H15N3O2. The fraction of sp³-hybridized carbons (Fsp3) is 0.333. The first kappa shape index (κ1) is 11.4. The van der Waals surface area contributed by atoms with Crippen LogP contribution in [0.25, 0.3) is 11.5 Å². The number of amides is 1. The van der Waals surface area contributed by atoms with E-state index in [4.69, 9.17) is 4.42 Å². The third kappa shape index (κ3) is 2.22. The lowest BCUT2D eigenvalue weighted by atomic mass is 10.3. The first-order chi connectivity index (χ1) is 8.26. The van der Waals surface area contributed by atoms with Crippen LogP contribution >= 0.6 is 0 Å². The summed E-state index contributed by atoms with van der Waals surface area (Å²) in [5.41, 5.74) is 1.13. The first-order valence-corrected chi connectivity index (χ1v) is 5.64. The SMILES string of the molecule is CCN(CC)C(=O)c1cc(-c2ccco2)[nH]n1. The standard InChI is InChI=1S/C12H15N3O2/c1-3-15(4-2)12(16)10-8-9(13-14-10)11-6-5-7-17-11/h5-8H,3-4H2,1-2H3,(H,13,14). The normalized spacial score (nSPS) is 10.5. The molecule has 0 spiro atoms. The number of hydrogen-bond donors (Lipinski definition) is 1. The van der Waals surface area contributed by atoms with E-state index in [0.29, 0.717) is 30.2 Å². The molecule has 0 aliphatic rings. The second-order valence-electron chi connectivity index (χ2n) is 3.62. The van der Waals surface area contributed by atoms with E-state index in [1.54, 1.807) is 23.3 Å². The van der Waals surface area contributed by atoms with Gasteiger partial charge in [0.15, 0.2) is 11.5 Å². The Balaban J connectivity index is 2.21. The molecule has 2 aromatic heterocycles. The Morgan fingerprint density at radius 2 is 2.24 bits per heavy atom. The quantitative estimate of drug-likeness (QED) is 0.880. The zero-order valence-electron chi connectivity index (χ0n) is 9.93. The largest absolute Gasteiger partial charge is 0.463 e. The Bertz CT molecular complexity index is 484. The first-order valence-electron chi connectivity index (χ1n) is 5.64. The van der Waals surface area contributed by atoms with Crippen molar-refractivity contribution < 1.29 is 9.21 Å². The van der Waals surface area contributed by atoms with E-state index in [1.807, 2.05) is 19.9 Å². The van der Waals surface area contributed by atoms with Gasteiger partial charge in [0.25, 0.3) is 5.91 Å². The summed E-state index contributed by atoms with van der Waals surface area (Å²) >= 11 is 0. The number of aromatic nitrogens is 2. The second kappa shape index (κ2) is 4.86. The summed E-state index contributed by atoms with van der Waals surface area (Å²) in [6.45, 7) is 5.25. The van der Waals surface area contributed by atoms with Crippen molar-refractivity contribution in [3.05, 3.63) is 30.2 Å². The zero-order valence-corrected chi connectivity index (χ0v) is 9.93. The van der Waals surface area contributed by atoms with Crippen LogP contribution in [0.4, 0.5) is 0 Å². The van der Waals surface area contributed by atoms with Gasteiger partial charge in [-0.3, -0.25) is 9.89 Å². The van der Waals surface area contributed by atoms with Gasteiger partial charge in [0.2, 0.25) is 0 Å². The maximum Gasteiger partial charge on any atom is 0.274 e. The van der Waals surface area contributed by atoms with Crippen molar-refractivity contribution in [2.75, 3.05) is 13.1 Å². The van der Waals surface area contributed by atoms with Gasteiger partial charge in [0.05, 0.1) is 6.26 Å². The molecule has 0 aromatic carbocycles. The van der Waals surface area contributed by atoms with Crippen molar-refractivity contribution >= 4 is 5.91 Å². The number of aromatic amines is 1. The molecule has 5 heteroatoms. The highest BCUT2D eigenvalue weighted by molar-refractivity contribution is 5.93. The Hall–Kier alpha value is -2.04. The van der Waals surface area contributed by atoms with Crippen LogP contribution < -0.4 is 0 Å². The number of rotatable bonds is 4. The smallest absolute Gasteiger partial charge is 0.274 e. The number of furan rings is 1. The second-order valence-corrected chi connectivity index (χ2v) is 3.62. The molecule has 0 fully saturated rings. The molecule has 2 aromatic rings. The monoisotopic (exact) mass is 233 g/mol. The molecule has 0 bridgehead atoms. The van der Waals surface area contributed by atoms with Crippen molar-refractivity contribution in [1.82, 2.24) is 15.1 Å². The van der Waals surface area contributed by atoms with Gasteiger partial charge in [0.1, 0.15) is 5.69 Å². The summed E-state index contributed by atoms with van der Waals surface area (Å²) in [7, 11) is 0. The molecule has 1 N–H and O–H groups in total. The van der Waals surface area contributed by atoms with Crippen molar-refractivity contribution in [2.45, 2.75) is 13.8 Å². The number of hydrogen-bond acceptors (Lipinski definition) is 3. The molecule has 1 amide bonds. The van der Waals surface area contributed by atoms with Crippen LogP contribution in [-0.4, -0.2) is 34.1 Å². The number of carbonyl (C=O) groups excluding carboxylic acids is 1. The molecule has 0 atom stereocenters. The Labute approximate surface area is 99.4 Å². The van der Waals surface area contributed by atoms with E-state index in [0.717, 1.165) is 0 Å². The van der Waals surface area contributed by atoms with Crippen LogP contribution in [0.3, 0.4) is 0 Å². The van der Waals surface area contributed by atoms with E-state index < -0.39 is 0 Å². The molecule has 0 saturated heterocycles. The van der Waals surface area contributed by atoms with Crippen LogP contribution in [0.5, 0.6) is 0 Å². The summed E-state index contributed by atoms with van der Waals surface area (Å²) < 4.78 is 5.23. The molecule has 2 rings (SSSR count). The minimum absolute atomic E-state index is 0.0657. The predicted molar refractivity (Wildman–Crippen MR) is 63.5 cm³/mol. The maximum absolute atomic E-state index is 12.0. The van der Waals surface area contributed by atoms with Gasteiger partial charge in [-0.05, 0) is 26.0 Å². The fourth-order valence-electron chi connectivity index (χ4n) is 1.66. The fourth-order valence-corrected chi connectivity index (χ4v) is 1.66. The lowest BCUT2D eigenvalue weighted by Crippen LogP contribution is -2.30. The molecule has 0 radical (unpaired) electrons. The van der Waals surface area contributed by atoms with Gasteiger partial charge in [-0.2, -0.15) is 5.10 Å². The van der Waals surface area contributed by atoms with Gasteiger partial charge >= 0.3 is 0 Å². The van der Waals surface area contributed by atoms with E-state index >= 15 is 0 Å². The number of carbonyl (C=O) groups is 1. The van der Waals surface area contributed by atoms with Crippen molar-refractivity contribution in [3.63, 3.8) is 0 Å². The van der Waals surface area contributed by atoms with Crippen molar-refractivity contribution in [3.8, 4) is 11.5 Å². The molecule has 2 heterocycles. The summed E-state index contributed by atoms with van der Waals surface area (Å²) in [6.07, 6.45) is 1.59. The van der Waals surface area contributed by atoms with Crippen LogP contribution in [0.1, 0.15) is 24.3 Å². The summed E-state index contributed by atoms with van der Waals surface area (Å²) in [5, 5.41) is 6.81. The molecule has 0 unspecified atom stereocenters. The van der Waals surface area contributed by atoms with Crippen molar-refractivity contribution in [2.24, 2.45) is 0 Å². The highest BCUT2D eigenvalue weighted by Crippen LogP contribution is 2.18. The minimum Gasteiger partial charge on any atom is -0.463 e. The Kier molecular flexibility index (Phi) is 3.27. The third-order valence-corrected chi connectivity index (χ3v) is 2.63. The van der Waals surface area contributed by atoms with Gasteiger partial charge in [-0.15, -0.1) is 0 Å². The number of H-pyrrole nitrogens is 1. The molecule has 90 valence electrons.